The monoisotopic (exact) mass is 127 g/mol. The molecule has 50 valence electrons. The van der Waals surface area contributed by atoms with Crippen LogP contribution < -0.4 is 5.32 Å². The Morgan fingerprint density at radius 1 is 2.00 bits per heavy atom. The number of carbonyl (C=O) groups excluding carboxylic acids is 1. The Bertz CT molecular complexity index is 134. The fourth-order valence-electron chi connectivity index (χ4n) is 0.291. The van der Waals surface area contributed by atoms with E-state index in [9.17, 15) is 4.79 Å². The standard InChI is InChI=1S/C6H9NO2/c1-3-6(9)7-4-5(2)8/h1,5,8H,4H2,2H3,(H,7,9)/t5-/m0/s1. The number of carbonyl (C=O) groups is 1. The van der Waals surface area contributed by atoms with Gasteiger partial charge in [-0.1, -0.05) is 0 Å². The molecule has 0 bridgehead atoms. The molecule has 0 fully saturated rings. The van der Waals surface area contributed by atoms with Gasteiger partial charge in [-0.05, 0) is 12.8 Å². The molecule has 0 saturated carbocycles. The Kier molecular flexibility index (Phi) is 3.49. The van der Waals surface area contributed by atoms with Gasteiger partial charge in [-0.2, -0.15) is 0 Å². The number of rotatable bonds is 2. The van der Waals surface area contributed by atoms with Gasteiger partial charge in [-0.3, -0.25) is 4.79 Å². The second-order valence-electron chi connectivity index (χ2n) is 1.70. The number of terminal acetylenes is 1. The summed E-state index contributed by atoms with van der Waals surface area (Å²) in [6.07, 6.45) is 4.18. The summed E-state index contributed by atoms with van der Waals surface area (Å²) >= 11 is 0. The van der Waals surface area contributed by atoms with Gasteiger partial charge >= 0.3 is 0 Å². The van der Waals surface area contributed by atoms with Crippen LogP contribution >= 0.6 is 0 Å². The Balaban J connectivity index is 3.31. The van der Waals surface area contributed by atoms with E-state index in [0.29, 0.717) is 0 Å². The molecule has 0 unspecified atom stereocenters. The quantitative estimate of drug-likeness (QED) is 0.473. The van der Waals surface area contributed by atoms with E-state index >= 15 is 0 Å². The van der Waals surface area contributed by atoms with E-state index in [1.54, 1.807) is 6.92 Å². The van der Waals surface area contributed by atoms with Crippen molar-refractivity contribution in [3.63, 3.8) is 0 Å². The van der Waals surface area contributed by atoms with Crippen LogP contribution in [0.4, 0.5) is 0 Å². The SMILES string of the molecule is C#CC(=O)NC[C@H](C)O. The van der Waals surface area contributed by atoms with Crippen LogP contribution in [0.5, 0.6) is 0 Å². The molecule has 0 aliphatic heterocycles. The van der Waals surface area contributed by atoms with Gasteiger partial charge in [0.15, 0.2) is 0 Å². The van der Waals surface area contributed by atoms with Crippen LogP contribution in [-0.4, -0.2) is 23.7 Å². The largest absolute Gasteiger partial charge is 0.392 e. The molecule has 0 aromatic heterocycles. The number of amides is 1. The van der Waals surface area contributed by atoms with E-state index in [-0.39, 0.29) is 6.54 Å². The van der Waals surface area contributed by atoms with Crippen molar-refractivity contribution in [3.8, 4) is 12.3 Å². The summed E-state index contributed by atoms with van der Waals surface area (Å²) in [4.78, 5) is 10.3. The molecule has 9 heavy (non-hydrogen) atoms. The topological polar surface area (TPSA) is 49.3 Å². The summed E-state index contributed by atoms with van der Waals surface area (Å²) in [6, 6.07) is 0. The third-order valence-corrected chi connectivity index (χ3v) is 0.689. The highest BCUT2D eigenvalue weighted by atomic mass is 16.3. The van der Waals surface area contributed by atoms with E-state index in [4.69, 9.17) is 11.5 Å². The summed E-state index contributed by atoms with van der Waals surface area (Å²) in [6.45, 7) is 1.78. The van der Waals surface area contributed by atoms with E-state index in [1.807, 2.05) is 5.92 Å². The zero-order valence-corrected chi connectivity index (χ0v) is 5.22. The van der Waals surface area contributed by atoms with Gasteiger partial charge in [0.25, 0.3) is 5.91 Å². The molecule has 3 nitrogen and oxygen atoms in total. The molecule has 0 heterocycles. The van der Waals surface area contributed by atoms with Crippen LogP contribution in [0.1, 0.15) is 6.92 Å². The van der Waals surface area contributed by atoms with Gasteiger partial charge in [-0.25, -0.2) is 0 Å². The lowest BCUT2D eigenvalue weighted by Gasteiger charge is -2.01. The lowest BCUT2D eigenvalue weighted by atomic mass is 10.4. The van der Waals surface area contributed by atoms with Crippen molar-refractivity contribution >= 4 is 5.91 Å². The first kappa shape index (κ1) is 7.99. The fraction of sp³-hybridized carbons (Fsp3) is 0.500. The first-order valence-electron chi connectivity index (χ1n) is 2.59. The maximum atomic E-state index is 10.3. The van der Waals surface area contributed by atoms with Crippen molar-refractivity contribution in [2.45, 2.75) is 13.0 Å². The van der Waals surface area contributed by atoms with Crippen molar-refractivity contribution < 1.29 is 9.90 Å². The molecule has 2 N–H and O–H groups in total. The predicted octanol–water partition coefficient (Wildman–Crippen LogP) is -0.883. The third kappa shape index (κ3) is 4.85. The lowest BCUT2D eigenvalue weighted by molar-refractivity contribution is -0.116. The van der Waals surface area contributed by atoms with Crippen molar-refractivity contribution in [2.24, 2.45) is 0 Å². The Labute approximate surface area is 54.1 Å². The van der Waals surface area contributed by atoms with Gasteiger partial charge in [0.2, 0.25) is 0 Å². The second kappa shape index (κ2) is 3.93. The van der Waals surface area contributed by atoms with Gasteiger partial charge in [0.1, 0.15) is 0 Å². The van der Waals surface area contributed by atoms with E-state index in [2.05, 4.69) is 5.32 Å². The Morgan fingerprint density at radius 2 is 2.56 bits per heavy atom. The number of nitrogens with one attached hydrogen (secondary N) is 1. The second-order valence-corrected chi connectivity index (χ2v) is 1.70. The van der Waals surface area contributed by atoms with Crippen molar-refractivity contribution in [3.05, 3.63) is 0 Å². The first-order valence-corrected chi connectivity index (χ1v) is 2.59. The van der Waals surface area contributed by atoms with Crippen LogP contribution in [0, 0.1) is 12.3 Å². The molecule has 0 saturated heterocycles. The summed E-state index contributed by atoms with van der Waals surface area (Å²) in [5.74, 6) is 1.37. The van der Waals surface area contributed by atoms with E-state index in [0.717, 1.165) is 0 Å². The third-order valence-electron chi connectivity index (χ3n) is 0.689. The molecule has 0 rings (SSSR count). The number of hydrogen-bond acceptors (Lipinski definition) is 2. The molecule has 0 aromatic rings. The minimum Gasteiger partial charge on any atom is -0.392 e. The highest BCUT2D eigenvalue weighted by molar-refractivity contribution is 5.92. The smallest absolute Gasteiger partial charge is 0.295 e. The molecule has 1 amide bonds. The molecule has 0 aliphatic carbocycles. The number of aliphatic hydroxyl groups excluding tert-OH is 1. The minimum absolute atomic E-state index is 0.211. The van der Waals surface area contributed by atoms with Crippen LogP contribution in [0.15, 0.2) is 0 Å². The number of hydrogen-bond donors (Lipinski definition) is 2. The lowest BCUT2D eigenvalue weighted by Crippen LogP contribution is -2.29. The zero-order chi connectivity index (χ0) is 7.28. The first-order chi connectivity index (χ1) is 4.16. The molecule has 0 aromatic carbocycles. The fourth-order valence-corrected chi connectivity index (χ4v) is 0.291. The molecule has 3 heteroatoms. The van der Waals surface area contributed by atoms with Crippen molar-refractivity contribution in [1.82, 2.24) is 5.32 Å². The van der Waals surface area contributed by atoms with Crippen molar-refractivity contribution in [2.75, 3.05) is 6.54 Å². The van der Waals surface area contributed by atoms with Crippen molar-refractivity contribution in [1.29, 1.82) is 0 Å². The van der Waals surface area contributed by atoms with Crippen LogP contribution in [0.3, 0.4) is 0 Å². The van der Waals surface area contributed by atoms with Crippen LogP contribution in [0.2, 0.25) is 0 Å². The van der Waals surface area contributed by atoms with Crippen LogP contribution in [0.25, 0.3) is 0 Å². The average Bonchev–Trinajstić information content (AvgIpc) is 1.83. The predicted molar refractivity (Wildman–Crippen MR) is 33.5 cm³/mol. The van der Waals surface area contributed by atoms with Gasteiger partial charge < -0.3 is 10.4 Å². The Morgan fingerprint density at radius 3 is 2.89 bits per heavy atom. The zero-order valence-electron chi connectivity index (χ0n) is 5.22. The maximum absolute atomic E-state index is 10.3. The summed E-state index contributed by atoms with van der Waals surface area (Å²) < 4.78 is 0. The molecular formula is C6H9NO2. The average molecular weight is 127 g/mol. The molecule has 0 spiro atoms. The summed E-state index contributed by atoms with van der Waals surface area (Å²) in [5, 5.41) is 10.9. The minimum atomic E-state index is -0.540. The normalized spacial score (nSPS) is 11.7. The van der Waals surface area contributed by atoms with Gasteiger partial charge in [0, 0.05) is 6.54 Å². The van der Waals surface area contributed by atoms with Gasteiger partial charge in [-0.15, -0.1) is 6.42 Å². The highest BCUT2D eigenvalue weighted by Gasteiger charge is 1.96. The summed E-state index contributed by atoms with van der Waals surface area (Å²) in [5.41, 5.74) is 0. The highest BCUT2D eigenvalue weighted by Crippen LogP contribution is 1.73. The van der Waals surface area contributed by atoms with Gasteiger partial charge in [0.05, 0.1) is 6.10 Å². The molecule has 0 radical (unpaired) electrons. The molecule has 0 aliphatic rings. The van der Waals surface area contributed by atoms with Crippen LogP contribution in [-0.2, 0) is 4.79 Å². The number of aliphatic hydroxyl groups is 1. The molecule has 1 atom stereocenters. The maximum Gasteiger partial charge on any atom is 0.295 e. The van der Waals surface area contributed by atoms with E-state index < -0.39 is 12.0 Å². The molecular weight excluding hydrogens is 118 g/mol. The summed E-state index contributed by atoms with van der Waals surface area (Å²) in [7, 11) is 0. The van der Waals surface area contributed by atoms with E-state index in [1.165, 1.54) is 0 Å². The Hall–Kier alpha value is -1.01.